The Bertz CT molecular complexity index is 2460. The van der Waals surface area contributed by atoms with E-state index < -0.39 is 139 Å². The standard InChI is InChI=1S/C51H67F2N7O12/c1-29(22-43(65)31(3)55-32(4)63)47(68)58-41(25-44(54)66)49(70)56-39(48(69)57-40(50(71)72)19-17-36(64)15-11-12-30(2)62)20-21-60(45(67)28-61)46(51(5,6)7)42-23-34(37-24-35(52)16-18-38(37)53)27-59(42)26-33-13-9-8-10-14-33/h8-10,13-14,16,18,23-24,27,29,31,39-41,46,61H,11-12,15,17,19-22,25-26,28H2,1-7H3,(H2,54,66)(H,55,63)(H,56,70)(H,57,69)(H,58,68)(H,71,72)/t29-,31-,39-,40+,41-,46-/m0/s1. The smallest absolute Gasteiger partial charge is 0.326 e. The average Bonchev–Trinajstić information content (AvgIpc) is 3.69. The number of carboxylic acid groups (broad SMARTS) is 1. The van der Waals surface area contributed by atoms with Crippen LogP contribution in [0.4, 0.5) is 8.78 Å². The van der Waals surface area contributed by atoms with Gasteiger partial charge < -0.3 is 51.5 Å². The van der Waals surface area contributed by atoms with Crippen molar-refractivity contribution >= 4 is 58.8 Å². The van der Waals surface area contributed by atoms with Crippen molar-refractivity contribution in [3.8, 4) is 11.1 Å². The number of Topliss-reactive ketones (excluding diaryl/α,β-unsaturated/α-hetero) is 3. The van der Waals surface area contributed by atoms with Gasteiger partial charge >= 0.3 is 5.97 Å². The van der Waals surface area contributed by atoms with Gasteiger partial charge in [-0.1, -0.05) is 58.0 Å². The topological polar surface area (TPSA) is 293 Å². The summed E-state index contributed by atoms with van der Waals surface area (Å²) in [5.74, 6) is -10.7. The van der Waals surface area contributed by atoms with Crippen molar-refractivity contribution in [2.45, 2.75) is 137 Å². The lowest BCUT2D eigenvalue weighted by molar-refractivity contribution is -0.143. The van der Waals surface area contributed by atoms with E-state index in [0.29, 0.717) is 5.69 Å². The first-order valence-corrected chi connectivity index (χ1v) is 23.5. The van der Waals surface area contributed by atoms with Crippen LogP contribution in [0.15, 0.2) is 60.8 Å². The minimum absolute atomic E-state index is 0.0241. The molecule has 0 aliphatic rings. The number of halogens is 2. The maximum atomic E-state index is 15.4. The number of rotatable bonds is 29. The number of hydrogen-bond donors (Lipinski definition) is 7. The summed E-state index contributed by atoms with van der Waals surface area (Å²) in [7, 11) is 0. The molecule has 0 saturated heterocycles. The molecule has 0 saturated carbocycles. The quantitative estimate of drug-likeness (QED) is 0.0527. The first-order chi connectivity index (χ1) is 33.7. The predicted octanol–water partition coefficient (Wildman–Crippen LogP) is 3.42. The van der Waals surface area contributed by atoms with Gasteiger partial charge in [0.2, 0.25) is 35.4 Å². The Kier molecular flexibility index (Phi) is 22.5. The van der Waals surface area contributed by atoms with E-state index in [0.717, 1.165) is 23.8 Å². The Morgan fingerprint density at radius 2 is 1.39 bits per heavy atom. The van der Waals surface area contributed by atoms with Crippen LogP contribution in [0.25, 0.3) is 11.1 Å². The number of aliphatic carboxylic acids is 1. The molecule has 0 spiro atoms. The van der Waals surface area contributed by atoms with Crippen LogP contribution in [0.5, 0.6) is 0 Å². The third kappa shape index (κ3) is 18.5. The summed E-state index contributed by atoms with van der Waals surface area (Å²) in [5.41, 5.74) is 5.87. The fourth-order valence-corrected chi connectivity index (χ4v) is 8.09. The summed E-state index contributed by atoms with van der Waals surface area (Å²) in [6, 6.07) is 6.40. The molecule has 0 bridgehead atoms. The number of benzene rings is 2. The van der Waals surface area contributed by atoms with E-state index in [2.05, 4.69) is 21.3 Å². The zero-order chi connectivity index (χ0) is 54.0. The van der Waals surface area contributed by atoms with Crippen LogP contribution in [-0.2, 0) is 54.5 Å². The first kappa shape index (κ1) is 59.2. The molecule has 6 atom stereocenters. The third-order valence-corrected chi connectivity index (χ3v) is 11.7. The second-order valence-corrected chi connectivity index (χ2v) is 19.0. The van der Waals surface area contributed by atoms with E-state index in [9.17, 15) is 62.5 Å². The van der Waals surface area contributed by atoms with Crippen molar-refractivity contribution in [2.24, 2.45) is 17.1 Å². The molecular formula is C51H67F2N7O12. The zero-order valence-electron chi connectivity index (χ0n) is 41.7. The molecule has 2 aromatic carbocycles. The molecule has 0 aliphatic carbocycles. The molecule has 72 heavy (non-hydrogen) atoms. The first-order valence-electron chi connectivity index (χ1n) is 23.5. The summed E-state index contributed by atoms with van der Waals surface area (Å²) in [6.07, 6.45) is -0.489. The van der Waals surface area contributed by atoms with Crippen molar-refractivity contribution in [2.75, 3.05) is 13.2 Å². The predicted molar refractivity (Wildman–Crippen MR) is 259 cm³/mol. The number of aromatic nitrogens is 1. The Hall–Kier alpha value is -7.16. The lowest BCUT2D eigenvalue weighted by Gasteiger charge is -2.41. The van der Waals surface area contributed by atoms with Crippen LogP contribution >= 0.6 is 0 Å². The summed E-state index contributed by atoms with van der Waals surface area (Å²) in [4.78, 5) is 130. The van der Waals surface area contributed by atoms with Crippen LogP contribution in [0, 0.1) is 23.0 Å². The minimum Gasteiger partial charge on any atom is -0.480 e. The van der Waals surface area contributed by atoms with E-state index in [1.807, 2.05) is 12.1 Å². The minimum atomic E-state index is -1.77. The molecule has 19 nitrogen and oxygen atoms in total. The van der Waals surface area contributed by atoms with E-state index in [1.165, 1.54) is 32.6 Å². The van der Waals surface area contributed by atoms with Gasteiger partial charge in [0.1, 0.15) is 47.9 Å². The molecule has 8 N–H and O–H groups in total. The highest BCUT2D eigenvalue weighted by atomic mass is 19.1. The number of hydrogen-bond acceptors (Lipinski definition) is 11. The summed E-state index contributed by atoms with van der Waals surface area (Å²) in [5, 5.41) is 30.2. The average molecular weight is 1010 g/mol. The number of carboxylic acids is 1. The molecule has 3 rings (SSSR count). The van der Waals surface area contributed by atoms with Gasteiger partial charge in [-0.05, 0) is 68.4 Å². The monoisotopic (exact) mass is 1010 g/mol. The normalized spacial score (nSPS) is 13.8. The van der Waals surface area contributed by atoms with Crippen molar-refractivity contribution in [3.63, 3.8) is 0 Å². The summed E-state index contributed by atoms with van der Waals surface area (Å²) in [6.45, 7) is 9.32. The molecule has 0 fully saturated rings. The van der Waals surface area contributed by atoms with Gasteiger partial charge in [-0.3, -0.25) is 38.4 Å². The van der Waals surface area contributed by atoms with Gasteiger partial charge in [0.15, 0.2) is 5.78 Å². The van der Waals surface area contributed by atoms with Crippen LogP contribution in [0.2, 0.25) is 0 Å². The Balaban J connectivity index is 2.12. The second-order valence-electron chi connectivity index (χ2n) is 19.0. The van der Waals surface area contributed by atoms with Gasteiger partial charge in [0.05, 0.1) is 18.5 Å². The fourth-order valence-electron chi connectivity index (χ4n) is 8.09. The van der Waals surface area contributed by atoms with Crippen LogP contribution in [0.1, 0.15) is 117 Å². The lowest BCUT2D eigenvalue weighted by Crippen LogP contribution is -2.57. The molecule has 0 unspecified atom stereocenters. The zero-order valence-corrected chi connectivity index (χ0v) is 41.7. The lowest BCUT2D eigenvalue weighted by atomic mass is 9.82. The number of primary amides is 1. The Morgan fingerprint density at radius 1 is 0.764 bits per heavy atom. The van der Waals surface area contributed by atoms with Crippen molar-refractivity contribution in [1.82, 2.24) is 30.7 Å². The van der Waals surface area contributed by atoms with Crippen LogP contribution < -0.4 is 27.0 Å². The maximum Gasteiger partial charge on any atom is 0.326 e. The van der Waals surface area contributed by atoms with Gasteiger partial charge in [0, 0.05) is 74.6 Å². The molecule has 0 radical (unpaired) electrons. The number of aliphatic hydroxyl groups excluding tert-OH is 1. The molecular weight excluding hydrogens is 941 g/mol. The van der Waals surface area contributed by atoms with E-state index in [4.69, 9.17) is 5.73 Å². The van der Waals surface area contributed by atoms with Gasteiger partial charge in [-0.2, -0.15) is 0 Å². The van der Waals surface area contributed by atoms with Crippen molar-refractivity contribution in [3.05, 3.63) is 83.7 Å². The SMILES string of the molecule is CC(=O)CCCC(=O)CC[C@@H](NC(=O)[C@H](CCN(C(=O)CO)[C@@H](c1cc(-c2cc(F)ccc2F)cn1Cc1ccccc1)C(C)(C)C)NC(=O)[C@H](CC(N)=O)NC(=O)[C@@H](C)CC(=O)[C@H](C)NC(C)=O)C(=O)O. The van der Waals surface area contributed by atoms with Gasteiger partial charge in [-0.25, -0.2) is 13.6 Å². The number of nitrogens with two attached hydrogens (primary N) is 1. The fraction of sp³-hybridized carbons (Fsp3) is 0.490. The highest BCUT2D eigenvalue weighted by Gasteiger charge is 2.39. The summed E-state index contributed by atoms with van der Waals surface area (Å²) >= 11 is 0. The van der Waals surface area contributed by atoms with E-state index in [1.54, 1.807) is 55.8 Å². The number of carbonyl (C=O) groups excluding carboxylic acids is 9. The largest absolute Gasteiger partial charge is 0.480 e. The third-order valence-electron chi connectivity index (χ3n) is 11.7. The number of carbonyl (C=O) groups is 10. The molecule has 6 amide bonds. The molecule has 1 heterocycles. The molecule has 3 aromatic rings. The maximum absolute atomic E-state index is 15.4. The molecule has 0 aliphatic heterocycles. The molecule has 1 aromatic heterocycles. The van der Waals surface area contributed by atoms with Crippen molar-refractivity contribution < 1.29 is 66.9 Å². The Labute approximate surface area is 417 Å². The van der Waals surface area contributed by atoms with Crippen molar-refractivity contribution in [1.29, 1.82) is 0 Å². The van der Waals surface area contributed by atoms with Gasteiger partial charge in [0.25, 0.3) is 0 Å². The molecule has 392 valence electrons. The highest BCUT2D eigenvalue weighted by molar-refractivity contribution is 5.97. The number of amides is 6. The van der Waals surface area contributed by atoms with Gasteiger partial charge in [-0.15, -0.1) is 0 Å². The number of ketones is 3. The van der Waals surface area contributed by atoms with Crippen LogP contribution in [-0.4, -0.2) is 116 Å². The van der Waals surface area contributed by atoms with E-state index in [-0.39, 0.29) is 54.9 Å². The second kappa shape index (κ2) is 27.4. The van der Waals surface area contributed by atoms with Crippen LogP contribution in [0.3, 0.4) is 0 Å². The number of aliphatic hydroxyl groups is 1. The highest BCUT2D eigenvalue weighted by Crippen LogP contribution is 2.41. The number of nitrogens with zero attached hydrogens (tertiary/aromatic N) is 2. The number of nitrogens with one attached hydrogen (secondary N) is 4. The molecule has 21 heteroatoms. The van der Waals surface area contributed by atoms with E-state index >= 15 is 4.39 Å². The summed E-state index contributed by atoms with van der Waals surface area (Å²) < 4.78 is 31.7. The Morgan fingerprint density at radius 3 is 1.97 bits per heavy atom.